The van der Waals surface area contributed by atoms with E-state index in [1.165, 1.54) is 9.80 Å². The lowest BCUT2D eigenvalue weighted by Gasteiger charge is -2.33. The molecular formula is C34H29N3O6. The molecule has 0 aliphatic carbocycles. The fourth-order valence-corrected chi connectivity index (χ4v) is 5.33. The summed E-state index contributed by atoms with van der Waals surface area (Å²) in [4.78, 5) is 56.7. The second-order valence-electron chi connectivity index (χ2n) is 10.6. The summed E-state index contributed by atoms with van der Waals surface area (Å²) < 4.78 is 10.9. The van der Waals surface area contributed by atoms with Gasteiger partial charge >= 0.3 is 0 Å². The zero-order chi connectivity index (χ0) is 30.1. The number of hydrogen-bond donors (Lipinski definition) is 1. The van der Waals surface area contributed by atoms with Gasteiger partial charge in [0, 0.05) is 18.3 Å². The van der Waals surface area contributed by atoms with Gasteiger partial charge in [-0.3, -0.25) is 24.1 Å². The van der Waals surface area contributed by atoms with Gasteiger partial charge < -0.3 is 19.7 Å². The first-order valence-corrected chi connectivity index (χ1v) is 13.9. The molecule has 9 nitrogen and oxygen atoms in total. The summed E-state index contributed by atoms with van der Waals surface area (Å²) in [7, 11) is 0. The second kappa shape index (κ2) is 11.4. The predicted molar refractivity (Wildman–Crippen MR) is 160 cm³/mol. The molecule has 2 aliphatic rings. The highest BCUT2D eigenvalue weighted by Gasteiger charge is 2.39. The topological polar surface area (TPSA) is 105 Å². The number of benzene rings is 4. The van der Waals surface area contributed by atoms with Crippen molar-refractivity contribution in [3.63, 3.8) is 0 Å². The van der Waals surface area contributed by atoms with Crippen LogP contribution in [-0.2, 0) is 20.9 Å². The molecule has 4 aromatic rings. The second-order valence-corrected chi connectivity index (χ2v) is 10.6. The number of ether oxygens (including phenoxy) is 2. The molecular weight excluding hydrogens is 546 g/mol. The van der Waals surface area contributed by atoms with Crippen LogP contribution in [0.2, 0.25) is 0 Å². The zero-order valence-corrected chi connectivity index (χ0v) is 23.7. The van der Waals surface area contributed by atoms with Crippen molar-refractivity contribution in [3.05, 3.63) is 119 Å². The maximum absolute atomic E-state index is 14.3. The molecule has 0 aromatic heterocycles. The Morgan fingerprint density at radius 3 is 2.40 bits per heavy atom. The predicted octanol–water partition coefficient (Wildman–Crippen LogP) is 4.97. The molecule has 2 heterocycles. The van der Waals surface area contributed by atoms with E-state index in [4.69, 9.17) is 9.47 Å². The largest absolute Gasteiger partial charge is 0.454 e. The van der Waals surface area contributed by atoms with Crippen LogP contribution in [0.3, 0.4) is 0 Å². The number of nitrogens with one attached hydrogen (secondary N) is 1. The van der Waals surface area contributed by atoms with Gasteiger partial charge in [0.2, 0.25) is 12.7 Å². The van der Waals surface area contributed by atoms with Crippen molar-refractivity contribution in [2.24, 2.45) is 0 Å². The van der Waals surface area contributed by atoms with Gasteiger partial charge in [-0.25, -0.2) is 0 Å². The number of aryl methyl sites for hydroxylation is 2. The lowest BCUT2D eigenvalue weighted by Crippen LogP contribution is -2.46. The van der Waals surface area contributed by atoms with Crippen LogP contribution in [0, 0.1) is 13.8 Å². The number of ketones is 1. The Morgan fingerprint density at radius 2 is 1.60 bits per heavy atom. The van der Waals surface area contributed by atoms with Gasteiger partial charge in [-0.05, 0) is 54.8 Å². The van der Waals surface area contributed by atoms with Gasteiger partial charge in [0.25, 0.3) is 17.6 Å². The first-order valence-electron chi connectivity index (χ1n) is 13.9. The molecule has 3 amide bonds. The molecule has 4 aromatic carbocycles. The lowest BCUT2D eigenvalue weighted by atomic mass is 10.0. The Bertz CT molecular complexity index is 1750. The van der Waals surface area contributed by atoms with Crippen molar-refractivity contribution >= 4 is 34.9 Å². The molecule has 43 heavy (non-hydrogen) atoms. The molecule has 0 saturated carbocycles. The number of anilines is 2. The normalized spacial score (nSPS) is 14.0. The Kier molecular flexibility index (Phi) is 7.38. The number of nitrogens with zero attached hydrogens (tertiary/aromatic N) is 2. The smallest absolute Gasteiger partial charge is 0.299 e. The fraction of sp³-hybridized carbons (Fsp3) is 0.176. The molecule has 1 N–H and O–H groups in total. The van der Waals surface area contributed by atoms with Crippen molar-refractivity contribution in [1.29, 1.82) is 0 Å². The van der Waals surface area contributed by atoms with Crippen LogP contribution in [0.4, 0.5) is 11.4 Å². The summed E-state index contributed by atoms with van der Waals surface area (Å²) in [6.45, 7) is 3.65. The number of carbonyl (C=O) groups is 4. The van der Waals surface area contributed by atoms with Gasteiger partial charge in [-0.15, -0.1) is 0 Å². The van der Waals surface area contributed by atoms with E-state index >= 15 is 0 Å². The highest BCUT2D eigenvalue weighted by molar-refractivity contribution is 6.52. The Morgan fingerprint density at radius 1 is 0.884 bits per heavy atom. The number of Topliss-reactive ketones (excluding diaryl/α,β-unsaturated/α-hetero) is 1. The number of fused-ring (bicyclic) bond motifs is 2. The summed E-state index contributed by atoms with van der Waals surface area (Å²) in [5.74, 6) is -1.30. The summed E-state index contributed by atoms with van der Waals surface area (Å²) in [5.41, 5.74) is 4.47. The summed E-state index contributed by atoms with van der Waals surface area (Å²) in [5, 5.41) is 2.94. The van der Waals surface area contributed by atoms with Crippen molar-refractivity contribution in [2.75, 3.05) is 23.6 Å². The van der Waals surface area contributed by atoms with E-state index in [1.54, 1.807) is 42.5 Å². The fourth-order valence-electron chi connectivity index (χ4n) is 5.33. The van der Waals surface area contributed by atoms with Gasteiger partial charge in [0.15, 0.2) is 11.5 Å². The van der Waals surface area contributed by atoms with Gasteiger partial charge in [0.05, 0.1) is 11.3 Å². The van der Waals surface area contributed by atoms with Crippen LogP contribution in [0.1, 0.15) is 38.7 Å². The zero-order valence-electron chi connectivity index (χ0n) is 23.7. The van der Waals surface area contributed by atoms with Crippen LogP contribution < -0.4 is 19.7 Å². The van der Waals surface area contributed by atoms with E-state index in [9.17, 15) is 19.2 Å². The maximum atomic E-state index is 14.3. The number of amides is 3. The summed E-state index contributed by atoms with van der Waals surface area (Å²) in [6, 6.07) is 25.6. The lowest BCUT2D eigenvalue weighted by molar-refractivity contribution is -0.139. The minimum atomic E-state index is -1.07. The third-order valence-electron chi connectivity index (χ3n) is 7.69. The van der Waals surface area contributed by atoms with E-state index in [1.807, 2.05) is 62.4 Å². The standard InChI is InChI=1S/C34H29N3O6/c1-21-11-13-23(14-12-21)31(33(40)35-25-15-16-28-29(17-25)43-20-42-28)37(18-24-8-4-3-7-22(24)2)30(38)19-36-27-10-6-5-9-26(27)32(39)34(36)41/h3-17,31H,18-20H2,1-2H3,(H,35,40). The maximum Gasteiger partial charge on any atom is 0.299 e. The minimum absolute atomic E-state index is 0.0935. The first-order chi connectivity index (χ1) is 20.8. The Balaban J connectivity index is 1.39. The third kappa shape index (κ3) is 5.44. The molecule has 0 saturated heterocycles. The van der Waals surface area contributed by atoms with Crippen LogP contribution >= 0.6 is 0 Å². The molecule has 2 aliphatic heterocycles. The van der Waals surface area contributed by atoms with E-state index in [0.717, 1.165) is 16.7 Å². The first kappa shape index (κ1) is 27.7. The quantitative estimate of drug-likeness (QED) is 0.298. The van der Waals surface area contributed by atoms with Crippen molar-refractivity contribution in [3.8, 4) is 11.5 Å². The average molecular weight is 576 g/mol. The third-order valence-corrected chi connectivity index (χ3v) is 7.69. The molecule has 6 rings (SSSR count). The molecule has 216 valence electrons. The monoisotopic (exact) mass is 575 g/mol. The van der Waals surface area contributed by atoms with E-state index in [0.29, 0.717) is 28.4 Å². The van der Waals surface area contributed by atoms with Crippen molar-refractivity contribution in [2.45, 2.75) is 26.4 Å². The molecule has 9 heteroatoms. The van der Waals surface area contributed by atoms with Crippen molar-refractivity contribution in [1.82, 2.24) is 4.90 Å². The average Bonchev–Trinajstić information content (AvgIpc) is 3.57. The molecule has 1 atom stereocenters. The molecule has 1 unspecified atom stereocenters. The number of rotatable bonds is 8. The van der Waals surface area contributed by atoms with Crippen LogP contribution in [0.15, 0.2) is 91.0 Å². The number of carbonyl (C=O) groups excluding carboxylic acids is 4. The minimum Gasteiger partial charge on any atom is -0.454 e. The Hall–Kier alpha value is -5.44. The molecule has 0 fully saturated rings. The number of hydrogen-bond acceptors (Lipinski definition) is 6. The van der Waals surface area contributed by atoms with Crippen LogP contribution in [0.25, 0.3) is 0 Å². The van der Waals surface area contributed by atoms with Crippen LogP contribution in [-0.4, -0.2) is 41.7 Å². The van der Waals surface area contributed by atoms with Crippen LogP contribution in [0.5, 0.6) is 11.5 Å². The van der Waals surface area contributed by atoms with E-state index in [2.05, 4.69) is 5.32 Å². The molecule has 0 radical (unpaired) electrons. The highest BCUT2D eigenvalue weighted by Crippen LogP contribution is 2.35. The van der Waals surface area contributed by atoms with Gasteiger partial charge in [-0.2, -0.15) is 0 Å². The van der Waals surface area contributed by atoms with Gasteiger partial charge in [-0.1, -0.05) is 66.2 Å². The number of para-hydroxylation sites is 1. The van der Waals surface area contributed by atoms with Gasteiger partial charge in [0.1, 0.15) is 12.6 Å². The SMILES string of the molecule is Cc1ccc(C(C(=O)Nc2ccc3c(c2)OCO3)N(Cc2ccccc2C)C(=O)CN2C(=O)C(=O)c3ccccc32)cc1. The Labute approximate surface area is 248 Å². The summed E-state index contributed by atoms with van der Waals surface area (Å²) in [6.07, 6.45) is 0. The van der Waals surface area contributed by atoms with E-state index < -0.39 is 36.1 Å². The molecule has 0 bridgehead atoms. The molecule has 0 spiro atoms. The van der Waals surface area contributed by atoms with Crippen molar-refractivity contribution < 1.29 is 28.7 Å². The highest BCUT2D eigenvalue weighted by atomic mass is 16.7. The summed E-state index contributed by atoms with van der Waals surface area (Å²) >= 11 is 0. The van der Waals surface area contributed by atoms with E-state index in [-0.39, 0.29) is 18.9 Å².